The Morgan fingerprint density at radius 3 is 2.20 bits per heavy atom. The molecule has 0 saturated carbocycles. The normalized spacial score (nSPS) is 12.1. The maximum Gasteiger partial charge on any atom is 0.342 e. The van der Waals surface area contributed by atoms with Gasteiger partial charge in [-0.2, -0.15) is 0 Å². The fourth-order valence-corrected chi connectivity index (χ4v) is 10.0. The van der Waals surface area contributed by atoms with Crippen LogP contribution in [0.2, 0.25) is 5.04 Å². The number of methoxy groups -OCH3 is 1. The van der Waals surface area contributed by atoms with Gasteiger partial charge in [0.05, 0.1) is 7.11 Å². The van der Waals surface area contributed by atoms with E-state index in [0.717, 1.165) is 21.2 Å². The van der Waals surface area contributed by atoms with E-state index in [0.29, 0.717) is 28.7 Å². The van der Waals surface area contributed by atoms with Crippen LogP contribution in [0.15, 0.2) is 70.5 Å². The van der Waals surface area contributed by atoms with E-state index in [4.69, 9.17) is 4.74 Å². The summed E-state index contributed by atoms with van der Waals surface area (Å²) in [5, 5.41) is 12.9. The maximum absolute atomic E-state index is 12.5. The molecule has 0 unspecified atom stereocenters. The Hall–Kier alpha value is -2.59. The van der Waals surface area contributed by atoms with Crippen molar-refractivity contribution < 1.29 is 14.3 Å². The summed E-state index contributed by atoms with van der Waals surface area (Å²) in [6, 6.07) is 20.0. The molecule has 0 saturated heterocycles. The van der Waals surface area contributed by atoms with Crippen molar-refractivity contribution in [3.63, 3.8) is 0 Å². The highest BCUT2D eigenvalue weighted by atomic mass is 79.9. The minimum Gasteiger partial charge on any atom is -0.465 e. The number of halogens is 1. The minimum absolute atomic E-state index is 0.414. The third kappa shape index (κ3) is 4.65. The van der Waals surface area contributed by atoms with Gasteiger partial charge >= 0.3 is 5.97 Å². The molecule has 4 aromatic rings. The van der Waals surface area contributed by atoms with Crippen LogP contribution in [0, 0.1) is 6.92 Å². The molecular formula is C26H28BrN3O3SSi. The van der Waals surface area contributed by atoms with Crippen molar-refractivity contribution in [2.24, 2.45) is 0 Å². The van der Waals surface area contributed by atoms with Crippen molar-refractivity contribution in [2.75, 3.05) is 7.11 Å². The number of aromatic nitrogens is 3. The molecule has 0 aliphatic heterocycles. The lowest BCUT2D eigenvalue weighted by atomic mass is 10.1. The highest BCUT2D eigenvalue weighted by molar-refractivity contribution is 9.10. The van der Waals surface area contributed by atoms with E-state index in [9.17, 15) is 9.59 Å². The molecule has 2 heterocycles. The first-order valence-corrected chi connectivity index (χ1v) is 14.9. The lowest BCUT2D eigenvalue weighted by molar-refractivity contribution is 0.0600. The van der Waals surface area contributed by atoms with Gasteiger partial charge in [0.2, 0.25) is 0 Å². The van der Waals surface area contributed by atoms with Crippen molar-refractivity contribution in [3.8, 4) is 5.00 Å². The van der Waals surface area contributed by atoms with Gasteiger partial charge in [-0.15, -0.1) is 21.5 Å². The predicted octanol–water partition coefficient (Wildman–Crippen LogP) is 4.65. The molecule has 6 nitrogen and oxygen atoms in total. The van der Waals surface area contributed by atoms with Gasteiger partial charge in [-0.25, -0.2) is 4.79 Å². The molecule has 0 atom stereocenters. The summed E-state index contributed by atoms with van der Waals surface area (Å²) in [7, 11) is -1.77. The third-order valence-electron chi connectivity index (χ3n) is 6.55. The number of hydrogen-bond donors (Lipinski definition) is 1. The Bertz CT molecular complexity index is 1280. The highest BCUT2D eigenvalue weighted by Crippen LogP contribution is 2.40. The molecule has 1 N–H and O–H groups in total. The number of hydrogen-bond acceptors (Lipinski definition) is 6. The van der Waals surface area contributed by atoms with Gasteiger partial charge < -0.3 is 9.53 Å². The van der Waals surface area contributed by atoms with E-state index < -0.39 is 19.3 Å². The first-order valence-electron chi connectivity index (χ1n) is 11.3. The molecule has 2 aromatic carbocycles. The molecule has 4 rings (SSSR count). The first kappa shape index (κ1) is 25.5. The molecule has 9 heteroatoms. The Morgan fingerprint density at radius 1 is 1.09 bits per heavy atom. The van der Waals surface area contributed by atoms with Crippen LogP contribution in [0.4, 0.5) is 0 Å². The van der Waals surface area contributed by atoms with Gasteiger partial charge in [0.1, 0.15) is 22.2 Å². The minimum atomic E-state index is -3.14. The van der Waals surface area contributed by atoms with Crippen LogP contribution in [-0.4, -0.2) is 41.0 Å². The number of nitrogens with zero attached hydrogens (tertiary/aromatic N) is 3. The van der Waals surface area contributed by atoms with E-state index in [2.05, 4.69) is 40.0 Å². The topological polar surface area (TPSA) is 77.2 Å². The monoisotopic (exact) mass is 569 g/mol. The van der Waals surface area contributed by atoms with Crippen LogP contribution in [0.3, 0.4) is 0 Å². The fourth-order valence-electron chi connectivity index (χ4n) is 4.52. The SMILES string of the molecule is COC(=O)c1c(Br)csc1-n1c(C)nnc1CCC(C)(C)[Si](O)(c1ccccc1)c1ccccc1. The average Bonchev–Trinajstić information content (AvgIpc) is 3.44. The lowest BCUT2D eigenvalue weighted by Gasteiger charge is -2.41. The Kier molecular flexibility index (Phi) is 7.42. The number of benzene rings is 2. The second kappa shape index (κ2) is 10.2. The quantitative estimate of drug-likeness (QED) is 0.247. The summed E-state index contributed by atoms with van der Waals surface area (Å²) >= 11 is 4.90. The number of ether oxygens (including phenoxy) is 1. The molecular weight excluding hydrogens is 542 g/mol. The zero-order valence-corrected chi connectivity index (χ0v) is 23.6. The van der Waals surface area contributed by atoms with Gasteiger partial charge in [0.15, 0.2) is 0 Å². The molecule has 0 fully saturated rings. The first-order chi connectivity index (χ1) is 16.7. The van der Waals surface area contributed by atoms with Crippen molar-refractivity contribution in [2.45, 2.75) is 38.7 Å². The molecule has 0 radical (unpaired) electrons. The Morgan fingerprint density at radius 2 is 1.66 bits per heavy atom. The van der Waals surface area contributed by atoms with Crippen LogP contribution in [0.1, 0.15) is 42.3 Å². The Balaban J connectivity index is 1.72. The molecule has 0 spiro atoms. The van der Waals surface area contributed by atoms with E-state index in [1.807, 2.05) is 77.5 Å². The molecule has 35 heavy (non-hydrogen) atoms. The average molecular weight is 571 g/mol. The van der Waals surface area contributed by atoms with Crippen molar-refractivity contribution in [1.29, 1.82) is 0 Å². The van der Waals surface area contributed by atoms with Crippen molar-refractivity contribution in [1.82, 2.24) is 14.8 Å². The highest BCUT2D eigenvalue weighted by Gasteiger charge is 2.49. The predicted molar refractivity (Wildman–Crippen MR) is 145 cm³/mol. The van der Waals surface area contributed by atoms with Gasteiger partial charge in [-0.1, -0.05) is 74.5 Å². The second-order valence-electron chi connectivity index (χ2n) is 9.08. The largest absolute Gasteiger partial charge is 0.465 e. The summed E-state index contributed by atoms with van der Waals surface area (Å²) in [6.45, 7) is 6.14. The summed E-state index contributed by atoms with van der Waals surface area (Å²) in [6.07, 6.45) is 1.26. The lowest BCUT2D eigenvalue weighted by Crippen LogP contribution is -2.65. The maximum atomic E-state index is 12.5. The summed E-state index contributed by atoms with van der Waals surface area (Å²) in [5.74, 6) is 1.02. The number of carbonyl (C=O) groups is 1. The molecule has 0 aliphatic rings. The fraction of sp³-hybridized carbons (Fsp3) is 0.269. The van der Waals surface area contributed by atoms with Crippen LogP contribution < -0.4 is 10.4 Å². The number of rotatable bonds is 8. The Labute approximate surface area is 218 Å². The van der Waals surface area contributed by atoms with E-state index in [1.54, 1.807) is 0 Å². The van der Waals surface area contributed by atoms with Gasteiger partial charge in [0.25, 0.3) is 8.32 Å². The molecule has 0 amide bonds. The van der Waals surface area contributed by atoms with Crippen LogP contribution >= 0.6 is 27.3 Å². The zero-order valence-electron chi connectivity index (χ0n) is 20.2. The number of carbonyl (C=O) groups excluding carboxylic acids is 1. The van der Waals surface area contributed by atoms with Crippen LogP contribution in [0.25, 0.3) is 5.00 Å². The summed E-state index contributed by atoms with van der Waals surface area (Å²) in [5.41, 5.74) is 0.459. The standard InChI is InChI=1S/C26H28BrN3O3SSi/c1-18-28-29-22(30(18)24-23(25(31)33-4)21(27)17-34-24)15-16-26(2,3)35(32,19-11-7-5-8-12-19)20-13-9-6-10-14-20/h5-14,17,32H,15-16H2,1-4H3. The zero-order chi connectivity index (χ0) is 25.2. The van der Waals surface area contributed by atoms with Gasteiger partial charge in [-0.3, -0.25) is 4.57 Å². The smallest absolute Gasteiger partial charge is 0.342 e. The summed E-state index contributed by atoms with van der Waals surface area (Å²) < 4.78 is 7.61. The molecule has 2 aromatic heterocycles. The van der Waals surface area contributed by atoms with E-state index >= 15 is 0 Å². The van der Waals surface area contributed by atoms with Gasteiger partial charge in [-0.05, 0) is 44.7 Å². The third-order valence-corrected chi connectivity index (χ3v) is 13.0. The van der Waals surface area contributed by atoms with E-state index in [1.165, 1.54) is 18.4 Å². The molecule has 0 bridgehead atoms. The van der Waals surface area contributed by atoms with Crippen molar-refractivity contribution in [3.05, 3.63) is 87.7 Å². The number of esters is 1. The number of aryl methyl sites for hydroxylation is 2. The van der Waals surface area contributed by atoms with Crippen molar-refractivity contribution >= 4 is 51.9 Å². The van der Waals surface area contributed by atoms with Gasteiger partial charge in [0, 0.05) is 16.3 Å². The summed E-state index contributed by atoms with van der Waals surface area (Å²) in [4.78, 5) is 24.9. The molecule has 182 valence electrons. The second-order valence-corrected chi connectivity index (χ2v) is 14.7. The number of thiophene rings is 1. The van der Waals surface area contributed by atoms with Crippen LogP contribution in [0.5, 0.6) is 0 Å². The van der Waals surface area contributed by atoms with Crippen LogP contribution in [-0.2, 0) is 11.2 Å². The van der Waals surface area contributed by atoms with E-state index in [-0.39, 0.29) is 0 Å². The molecule has 0 aliphatic carbocycles.